The zero-order valence-corrected chi connectivity index (χ0v) is 8.77. The molecule has 0 atom stereocenters. The number of hydrogen-bond acceptors (Lipinski definition) is 4. The Morgan fingerprint density at radius 2 is 2.25 bits per heavy atom. The Morgan fingerprint density at radius 3 is 2.81 bits per heavy atom. The number of carboxylic acids is 1. The van der Waals surface area contributed by atoms with Gasteiger partial charge in [-0.25, -0.2) is 0 Å². The van der Waals surface area contributed by atoms with Gasteiger partial charge in [-0.2, -0.15) is 0 Å². The lowest BCUT2D eigenvalue weighted by Crippen LogP contribution is -2.21. The largest absolute Gasteiger partial charge is 0.480 e. The Hall–Kier alpha value is -1.95. The molecule has 86 valence electrons. The molecule has 1 aromatic carbocycles. The molecule has 1 rings (SSSR count). The highest BCUT2D eigenvalue weighted by atomic mass is 16.6. The number of aryl methyl sites for hydroxylation is 1. The predicted octanol–water partition coefficient (Wildman–Crippen LogP) is 1.08. The van der Waals surface area contributed by atoms with E-state index in [1.165, 1.54) is 6.07 Å². The number of nitro benzene ring substituents is 1. The Morgan fingerprint density at radius 1 is 1.56 bits per heavy atom. The minimum Gasteiger partial charge on any atom is -0.480 e. The van der Waals surface area contributed by atoms with Crippen LogP contribution in [-0.2, 0) is 11.3 Å². The van der Waals surface area contributed by atoms with Crippen molar-refractivity contribution < 1.29 is 14.8 Å². The van der Waals surface area contributed by atoms with Gasteiger partial charge in [0.2, 0.25) is 0 Å². The van der Waals surface area contributed by atoms with Crippen LogP contribution >= 0.6 is 0 Å². The van der Waals surface area contributed by atoms with Gasteiger partial charge in [-0.05, 0) is 12.5 Å². The molecule has 0 aliphatic carbocycles. The highest BCUT2D eigenvalue weighted by molar-refractivity contribution is 5.69. The number of benzene rings is 1. The lowest BCUT2D eigenvalue weighted by molar-refractivity contribution is -0.385. The number of carboxylic acid groups (broad SMARTS) is 1. The van der Waals surface area contributed by atoms with Gasteiger partial charge in [-0.1, -0.05) is 12.1 Å². The molecule has 0 bridgehead atoms. The molecule has 2 N–H and O–H groups in total. The molecule has 0 radical (unpaired) electrons. The number of rotatable bonds is 5. The molecule has 0 heterocycles. The minimum atomic E-state index is -0.957. The van der Waals surface area contributed by atoms with Gasteiger partial charge in [0.05, 0.1) is 11.5 Å². The summed E-state index contributed by atoms with van der Waals surface area (Å²) in [6.07, 6.45) is 0. The molecule has 0 spiro atoms. The fourth-order valence-electron chi connectivity index (χ4n) is 1.28. The standard InChI is InChI=1S/C10H12N2O4/c1-7-2-3-8(4-9(7)12(15)16)5-11-6-10(13)14/h2-4,11H,5-6H2,1H3,(H,13,14). The van der Waals surface area contributed by atoms with Crippen molar-refractivity contribution in [3.05, 3.63) is 39.4 Å². The molecule has 6 nitrogen and oxygen atoms in total. The first kappa shape index (κ1) is 12.1. The summed E-state index contributed by atoms with van der Waals surface area (Å²) in [4.78, 5) is 20.4. The summed E-state index contributed by atoms with van der Waals surface area (Å²) < 4.78 is 0. The maximum atomic E-state index is 10.6. The zero-order valence-electron chi connectivity index (χ0n) is 8.77. The maximum absolute atomic E-state index is 10.6. The molecule has 0 unspecified atom stereocenters. The molecule has 0 aliphatic rings. The van der Waals surface area contributed by atoms with Crippen LogP contribution in [0.25, 0.3) is 0 Å². The fraction of sp³-hybridized carbons (Fsp3) is 0.300. The van der Waals surface area contributed by atoms with Crippen molar-refractivity contribution in [2.45, 2.75) is 13.5 Å². The molecule has 6 heteroatoms. The van der Waals surface area contributed by atoms with E-state index in [4.69, 9.17) is 5.11 Å². The minimum absolute atomic E-state index is 0.0506. The number of nitrogens with zero attached hydrogens (tertiary/aromatic N) is 1. The molecular weight excluding hydrogens is 212 g/mol. The number of carbonyl (C=O) groups is 1. The third kappa shape index (κ3) is 3.32. The summed E-state index contributed by atoms with van der Waals surface area (Å²) in [6.45, 7) is 1.79. The van der Waals surface area contributed by atoms with Crippen molar-refractivity contribution in [2.24, 2.45) is 0 Å². The SMILES string of the molecule is Cc1ccc(CNCC(=O)O)cc1[N+](=O)[O-]. The van der Waals surface area contributed by atoms with Crippen LogP contribution in [0.15, 0.2) is 18.2 Å². The monoisotopic (exact) mass is 224 g/mol. The second kappa shape index (κ2) is 5.22. The van der Waals surface area contributed by atoms with Gasteiger partial charge in [-0.3, -0.25) is 14.9 Å². The molecule has 1 aromatic rings. The third-order valence-electron chi connectivity index (χ3n) is 2.08. The second-order valence-corrected chi connectivity index (χ2v) is 3.38. The predicted molar refractivity (Wildman–Crippen MR) is 57.2 cm³/mol. The Balaban J connectivity index is 2.71. The van der Waals surface area contributed by atoms with E-state index < -0.39 is 10.9 Å². The molecule has 0 aliphatic heterocycles. The van der Waals surface area contributed by atoms with E-state index in [9.17, 15) is 14.9 Å². The highest BCUT2D eigenvalue weighted by Crippen LogP contribution is 2.18. The van der Waals surface area contributed by atoms with E-state index >= 15 is 0 Å². The average Bonchev–Trinajstić information content (AvgIpc) is 2.19. The fourth-order valence-corrected chi connectivity index (χ4v) is 1.28. The van der Waals surface area contributed by atoms with Crippen LogP contribution in [0.5, 0.6) is 0 Å². The third-order valence-corrected chi connectivity index (χ3v) is 2.08. The van der Waals surface area contributed by atoms with Gasteiger partial charge in [-0.15, -0.1) is 0 Å². The van der Waals surface area contributed by atoms with Crippen LogP contribution in [0.3, 0.4) is 0 Å². The van der Waals surface area contributed by atoms with E-state index in [0.29, 0.717) is 17.7 Å². The van der Waals surface area contributed by atoms with Crippen LogP contribution < -0.4 is 5.32 Å². The number of hydrogen-bond donors (Lipinski definition) is 2. The van der Waals surface area contributed by atoms with Gasteiger partial charge in [0.1, 0.15) is 0 Å². The normalized spacial score (nSPS) is 10.1. The summed E-state index contributed by atoms with van der Waals surface area (Å²) in [5, 5.41) is 21.7. The van der Waals surface area contributed by atoms with E-state index in [-0.39, 0.29) is 12.2 Å². The van der Waals surface area contributed by atoms with E-state index in [2.05, 4.69) is 5.32 Å². The van der Waals surface area contributed by atoms with Crippen LogP contribution in [0, 0.1) is 17.0 Å². The van der Waals surface area contributed by atoms with Crippen LogP contribution in [0.2, 0.25) is 0 Å². The van der Waals surface area contributed by atoms with Crippen molar-refractivity contribution in [3.8, 4) is 0 Å². The summed E-state index contributed by atoms with van der Waals surface area (Å²) in [5.41, 5.74) is 1.33. The Bertz CT molecular complexity index is 417. The smallest absolute Gasteiger partial charge is 0.317 e. The first-order valence-corrected chi connectivity index (χ1v) is 4.67. The maximum Gasteiger partial charge on any atom is 0.317 e. The van der Waals surface area contributed by atoms with Gasteiger partial charge >= 0.3 is 5.97 Å². The van der Waals surface area contributed by atoms with E-state index in [0.717, 1.165) is 0 Å². The highest BCUT2D eigenvalue weighted by Gasteiger charge is 2.10. The van der Waals surface area contributed by atoms with Crippen molar-refractivity contribution in [1.82, 2.24) is 5.32 Å². The van der Waals surface area contributed by atoms with Crippen LogP contribution in [0.1, 0.15) is 11.1 Å². The van der Waals surface area contributed by atoms with Crippen molar-refractivity contribution in [1.29, 1.82) is 0 Å². The summed E-state index contributed by atoms with van der Waals surface area (Å²) >= 11 is 0. The van der Waals surface area contributed by atoms with Gasteiger partial charge in [0.15, 0.2) is 0 Å². The van der Waals surface area contributed by atoms with Crippen molar-refractivity contribution >= 4 is 11.7 Å². The second-order valence-electron chi connectivity index (χ2n) is 3.38. The summed E-state index contributed by atoms with van der Waals surface area (Å²) in [6, 6.07) is 4.83. The number of nitro groups is 1. The molecule has 0 saturated heterocycles. The summed E-state index contributed by atoms with van der Waals surface area (Å²) in [5.74, 6) is -0.957. The Kier molecular flexibility index (Phi) is 3.96. The first-order chi connectivity index (χ1) is 7.50. The summed E-state index contributed by atoms with van der Waals surface area (Å²) in [7, 11) is 0. The van der Waals surface area contributed by atoms with Gasteiger partial charge in [0, 0.05) is 18.2 Å². The molecule has 16 heavy (non-hydrogen) atoms. The number of nitrogens with one attached hydrogen (secondary N) is 1. The molecule has 0 fully saturated rings. The van der Waals surface area contributed by atoms with Gasteiger partial charge < -0.3 is 10.4 Å². The lowest BCUT2D eigenvalue weighted by Gasteiger charge is -2.03. The topological polar surface area (TPSA) is 92.5 Å². The Labute approximate surface area is 92.0 Å². The molecule has 0 saturated carbocycles. The quantitative estimate of drug-likeness (QED) is 0.576. The van der Waals surface area contributed by atoms with Gasteiger partial charge in [0.25, 0.3) is 5.69 Å². The lowest BCUT2D eigenvalue weighted by atomic mass is 10.1. The van der Waals surface area contributed by atoms with E-state index in [1.807, 2.05) is 0 Å². The van der Waals surface area contributed by atoms with Crippen molar-refractivity contribution in [2.75, 3.05) is 6.54 Å². The molecule has 0 aromatic heterocycles. The molecule has 0 amide bonds. The first-order valence-electron chi connectivity index (χ1n) is 4.67. The average molecular weight is 224 g/mol. The van der Waals surface area contributed by atoms with Crippen LogP contribution in [0.4, 0.5) is 5.69 Å². The zero-order chi connectivity index (χ0) is 12.1. The van der Waals surface area contributed by atoms with Crippen LogP contribution in [-0.4, -0.2) is 22.5 Å². The van der Waals surface area contributed by atoms with Crippen molar-refractivity contribution in [3.63, 3.8) is 0 Å². The number of aliphatic carboxylic acids is 1. The molecular formula is C10H12N2O4. The van der Waals surface area contributed by atoms with E-state index in [1.54, 1.807) is 19.1 Å².